The molecular formula is C9H12FNO2. The second-order valence-corrected chi connectivity index (χ2v) is 3.24. The fourth-order valence-corrected chi connectivity index (χ4v) is 1.07. The summed E-state index contributed by atoms with van der Waals surface area (Å²) in [5.74, 6) is -0.769. The molecule has 4 heteroatoms. The number of aliphatic hydroxyl groups excluding tert-OH is 1. The fourth-order valence-electron chi connectivity index (χ4n) is 1.07. The molecule has 0 saturated carbocycles. The van der Waals surface area contributed by atoms with Crippen molar-refractivity contribution in [2.45, 2.75) is 12.5 Å². The van der Waals surface area contributed by atoms with Crippen molar-refractivity contribution in [1.29, 1.82) is 0 Å². The van der Waals surface area contributed by atoms with Gasteiger partial charge in [-0.25, -0.2) is 4.39 Å². The van der Waals surface area contributed by atoms with Crippen LogP contribution in [0.3, 0.4) is 0 Å². The minimum absolute atomic E-state index is 0.237. The Kier molecular flexibility index (Phi) is 2.54. The zero-order valence-electron chi connectivity index (χ0n) is 7.29. The number of aromatic hydroxyl groups is 1. The number of halogens is 1. The maximum atomic E-state index is 12.6. The molecule has 0 unspecified atom stereocenters. The van der Waals surface area contributed by atoms with Crippen molar-refractivity contribution in [2.75, 3.05) is 6.61 Å². The predicted molar refractivity (Wildman–Crippen MR) is 46.7 cm³/mol. The van der Waals surface area contributed by atoms with Crippen LogP contribution in [0.5, 0.6) is 5.75 Å². The number of phenols is 1. The van der Waals surface area contributed by atoms with Gasteiger partial charge in [-0.3, -0.25) is 0 Å². The Morgan fingerprint density at radius 2 is 2.15 bits per heavy atom. The molecule has 0 bridgehead atoms. The number of aliphatic hydroxyl groups is 1. The fraction of sp³-hybridized carbons (Fsp3) is 0.333. The smallest absolute Gasteiger partial charge is 0.126 e. The van der Waals surface area contributed by atoms with E-state index in [1.807, 2.05) is 0 Å². The molecule has 13 heavy (non-hydrogen) atoms. The van der Waals surface area contributed by atoms with E-state index in [-0.39, 0.29) is 12.4 Å². The molecule has 0 saturated heterocycles. The average molecular weight is 185 g/mol. The van der Waals surface area contributed by atoms with Crippen molar-refractivity contribution in [3.05, 3.63) is 29.6 Å². The molecule has 0 aliphatic carbocycles. The SMILES string of the molecule is C[C@](N)(CO)c1ccc(F)cc1O. The third-order valence-corrected chi connectivity index (χ3v) is 1.90. The number of rotatable bonds is 2. The Labute approximate surface area is 75.6 Å². The minimum atomic E-state index is -1.04. The van der Waals surface area contributed by atoms with Crippen LogP contribution >= 0.6 is 0 Å². The molecule has 0 spiro atoms. The first-order valence-corrected chi connectivity index (χ1v) is 3.86. The quantitative estimate of drug-likeness (QED) is 0.635. The summed E-state index contributed by atoms with van der Waals surface area (Å²) < 4.78 is 12.6. The van der Waals surface area contributed by atoms with Gasteiger partial charge in [-0.2, -0.15) is 0 Å². The van der Waals surface area contributed by atoms with Gasteiger partial charge < -0.3 is 15.9 Å². The van der Waals surface area contributed by atoms with Crippen LogP contribution in [0.2, 0.25) is 0 Å². The number of phenolic OH excluding ortho intramolecular Hbond substituents is 1. The predicted octanol–water partition coefficient (Wildman–Crippen LogP) is 0.698. The van der Waals surface area contributed by atoms with Gasteiger partial charge >= 0.3 is 0 Å². The lowest BCUT2D eigenvalue weighted by Gasteiger charge is -2.23. The monoisotopic (exact) mass is 185 g/mol. The van der Waals surface area contributed by atoms with Gasteiger partial charge in [-0.05, 0) is 13.0 Å². The molecule has 1 rings (SSSR count). The van der Waals surface area contributed by atoms with Crippen LogP contribution in [0.15, 0.2) is 18.2 Å². The lowest BCUT2D eigenvalue weighted by Crippen LogP contribution is -2.36. The van der Waals surface area contributed by atoms with Crippen LogP contribution in [0.4, 0.5) is 4.39 Å². The second kappa shape index (κ2) is 3.32. The van der Waals surface area contributed by atoms with E-state index in [0.717, 1.165) is 6.07 Å². The van der Waals surface area contributed by atoms with Crippen molar-refractivity contribution in [3.63, 3.8) is 0 Å². The number of nitrogens with two attached hydrogens (primary N) is 1. The van der Waals surface area contributed by atoms with Gasteiger partial charge in [-0.15, -0.1) is 0 Å². The minimum Gasteiger partial charge on any atom is -0.507 e. The Morgan fingerprint density at radius 3 is 2.62 bits per heavy atom. The molecule has 1 atom stereocenters. The van der Waals surface area contributed by atoms with E-state index >= 15 is 0 Å². The molecule has 1 aromatic rings. The molecule has 4 N–H and O–H groups in total. The van der Waals surface area contributed by atoms with Crippen LogP contribution in [0.1, 0.15) is 12.5 Å². The van der Waals surface area contributed by atoms with Crippen molar-refractivity contribution in [3.8, 4) is 5.75 Å². The Hall–Kier alpha value is -1.13. The topological polar surface area (TPSA) is 66.5 Å². The van der Waals surface area contributed by atoms with Crippen LogP contribution in [-0.2, 0) is 5.54 Å². The highest BCUT2D eigenvalue weighted by Gasteiger charge is 2.23. The first-order chi connectivity index (χ1) is 5.97. The van der Waals surface area contributed by atoms with Crippen molar-refractivity contribution in [1.82, 2.24) is 0 Å². The van der Waals surface area contributed by atoms with Crippen molar-refractivity contribution >= 4 is 0 Å². The van der Waals surface area contributed by atoms with Gasteiger partial charge in [0.1, 0.15) is 11.6 Å². The van der Waals surface area contributed by atoms with E-state index in [4.69, 9.17) is 10.8 Å². The van der Waals surface area contributed by atoms with E-state index in [1.165, 1.54) is 12.1 Å². The standard InChI is InChI=1S/C9H12FNO2/c1-9(11,5-12)7-3-2-6(10)4-8(7)13/h2-4,12-13H,5,11H2,1H3/t9-/m0/s1. The average Bonchev–Trinajstić information content (AvgIpc) is 2.03. The zero-order chi connectivity index (χ0) is 10.1. The number of benzene rings is 1. The van der Waals surface area contributed by atoms with Crippen molar-refractivity contribution in [2.24, 2.45) is 5.73 Å². The van der Waals surface area contributed by atoms with Gasteiger partial charge in [0.05, 0.1) is 12.1 Å². The Balaban J connectivity index is 3.16. The maximum Gasteiger partial charge on any atom is 0.126 e. The first kappa shape index (κ1) is 9.95. The molecule has 72 valence electrons. The number of hydrogen-bond acceptors (Lipinski definition) is 3. The second-order valence-electron chi connectivity index (χ2n) is 3.24. The molecular weight excluding hydrogens is 173 g/mol. The summed E-state index contributed by atoms with van der Waals surface area (Å²) in [6.45, 7) is 1.24. The summed E-state index contributed by atoms with van der Waals surface area (Å²) in [6, 6.07) is 3.52. The summed E-state index contributed by atoms with van der Waals surface area (Å²) in [5, 5.41) is 18.2. The van der Waals surface area contributed by atoms with Gasteiger partial charge in [0.15, 0.2) is 0 Å². The van der Waals surface area contributed by atoms with Crippen LogP contribution in [0, 0.1) is 5.82 Å². The van der Waals surface area contributed by atoms with E-state index in [9.17, 15) is 9.50 Å². The molecule has 0 aromatic heterocycles. The van der Waals surface area contributed by atoms with Gasteiger partial charge in [0.25, 0.3) is 0 Å². The molecule has 0 radical (unpaired) electrons. The Morgan fingerprint density at radius 1 is 1.54 bits per heavy atom. The molecule has 1 aromatic carbocycles. The normalized spacial score (nSPS) is 15.4. The summed E-state index contributed by atoms with van der Waals surface area (Å²) in [5.41, 5.74) is 4.94. The Bertz CT molecular complexity index is 312. The van der Waals surface area contributed by atoms with E-state index < -0.39 is 11.4 Å². The van der Waals surface area contributed by atoms with E-state index in [2.05, 4.69) is 0 Å². The van der Waals surface area contributed by atoms with Gasteiger partial charge in [-0.1, -0.05) is 6.07 Å². The van der Waals surface area contributed by atoms with Crippen LogP contribution < -0.4 is 5.73 Å². The molecule has 0 aliphatic rings. The highest BCUT2D eigenvalue weighted by atomic mass is 19.1. The molecule has 0 amide bonds. The number of hydrogen-bond donors (Lipinski definition) is 3. The van der Waals surface area contributed by atoms with Gasteiger partial charge in [0, 0.05) is 11.6 Å². The van der Waals surface area contributed by atoms with E-state index in [1.54, 1.807) is 6.92 Å². The van der Waals surface area contributed by atoms with Crippen LogP contribution in [0.25, 0.3) is 0 Å². The molecule has 3 nitrogen and oxygen atoms in total. The van der Waals surface area contributed by atoms with Crippen molar-refractivity contribution < 1.29 is 14.6 Å². The summed E-state index contributed by atoms with van der Waals surface area (Å²) >= 11 is 0. The highest BCUT2D eigenvalue weighted by Crippen LogP contribution is 2.27. The third-order valence-electron chi connectivity index (χ3n) is 1.90. The molecule has 0 fully saturated rings. The zero-order valence-corrected chi connectivity index (χ0v) is 7.29. The summed E-state index contributed by atoms with van der Waals surface area (Å²) in [4.78, 5) is 0. The molecule has 0 heterocycles. The molecule has 0 aliphatic heterocycles. The summed E-state index contributed by atoms with van der Waals surface area (Å²) in [6.07, 6.45) is 0. The highest BCUT2D eigenvalue weighted by molar-refractivity contribution is 5.37. The summed E-state index contributed by atoms with van der Waals surface area (Å²) in [7, 11) is 0. The van der Waals surface area contributed by atoms with E-state index in [0.29, 0.717) is 5.56 Å². The first-order valence-electron chi connectivity index (χ1n) is 3.86. The van der Waals surface area contributed by atoms with Crippen LogP contribution in [-0.4, -0.2) is 16.8 Å². The maximum absolute atomic E-state index is 12.6. The lowest BCUT2D eigenvalue weighted by molar-refractivity contribution is 0.206. The van der Waals surface area contributed by atoms with Gasteiger partial charge in [0.2, 0.25) is 0 Å². The largest absolute Gasteiger partial charge is 0.507 e. The third kappa shape index (κ3) is 1.96. The lowest BCUT2D eigenvalue weighted by atomic mass is 9.93.